The summed E-state index contributed by atoms with van der Waals surface area (Å²) < 4.78 is 15.9. The van der Waals surface area contributed by atoms with Crippen LogP contribution >= 0.6 is 11.6 Å². The number of rotatable bonds is 9. The molecule has 0 aliphatic carbocycles. The lowest BCUT2D eigenvalue weighted by Gasteiger charge is -2.12. The van der Waals surface area contributed by atoms with Gasteiger partial charge in [-0.05, 0) is 30.7 Å². The Balaban J connectivity index is 1.77. The molecular formula is C19H20ClNO5. The van der Waals surface area contributed by atoms with Gasteiger partial charge in [-0.15, -0.1) is 0 Å². The number of carbonyl (C=O) groups is 2. The van der Waals surface area contributed by atoms with E-state index in [1.54, 1.807) is 42.5 Å². The second-order valence-corrected chi connectivity index (χ2v) is 5.68. The summed E-state index contributed by atoms with van der Waals surface area (Å²) in [5.74, 6) is -0.153. The van der Waals surface area contributed by atoms with Crippen LogP contribution in [0.2, 0.25) is 5.02 Å². The highest BCUT2D eigenvalue weighted by Crippen LogP contribution is 2.26. The van der Waals surface area contributed by atoms with E-state index < -0.39 is 18.5 Å². The van der Waals surface area contributed by atoms with E-state index in [-0.39, 0.29) is 6.61 Å². The fourth-order valence-corrected chi connectivity index (χ4v) is 2.16. The van der Waals surface area contributed by atoms with Crippen LogP contribution < -0.4 is 14.8 Å². The summed E-state index contributed by atoms with van der Waals surface area (Å²) in [5.41, 5.74) is 0.452. The largest absolute Gasteiger partial charge is 0.490 e. The Morgan fingerprint density at radius 1 is 0.962 bits per heavy atom. The average Bonchev–Trinajstić information content (AvgIpc) is 2.65. The molecule has 2 rings (SSSR count). The molecule has 0 aromatic heterocycles. The zero-order chi connectivity index (χ0) is 18.8. The molecule has 0 unspecified atom stereocenters. The van der Waals surface area contributed by atoms with Gasteiger partial charge in [0.1, 0.15) is 0 Å². The van der Waals surface area contributed by atoms with Gasteiger partial charge in [0.2, 0.25) is 0 Å². The number of halogens is 1. The molecule has 0 atom stereocenters. The molecule has 0 saturated heterocycles. The zero-order valence-corrected chi connectivity index (χ0v) is 15.1. The number of ether oxygens (including phenoxy) is 3. The van der Waals surface area contributed by atoms with Crippen molar-refractivity contribution in [3.8, 4) is 11.5 Å². The molecule has 0 bridgehead atoms. The predicted molar refractivity (Wildman–Crippen MR) is 98.8 cm³/mol. The summed E-state index contributed by atoms with van der Waals surface area (Å²) in [6.45, 7) is 1.79. The highest BCUT2D eigenvalue weighted by atomic mass is 35.5. The normalized spacial score (nSPS) is 10.1. The fraction of sp³-hybridized carbons (Fsp3) is 0.263. The molecule has 138 valence electrons. The van der Waals surface area contributed by atoms with Gasteiger partial charge in [-0.25, -0.2) is 4.79 Å². The summed E-state index contributed by atoms with van der Waals surface area (Å²) in [7, 11) is 0. The SMILES string of the molecule is CCCOc1ccccc1OCC(=O)OCC(=O)Nc1ccccc1Cl. The van der Waals surface area contributed by atoms with Crippen LogP contribution in [0.1, 0.15) is 13.3 Å². The third-order valence-corrected chi connectivity index (χ3v) is 3.50. The van der Waals surface area contributed by atoms with Gasteiger partial charge in [-0.3, -0.25) is 4.79 Å². The number of benzene rings is 2. The molecule has 0 saturated carbocycles. The van der Waals surface area contributed by atoms with Crippen molar-refractivity contribution in [2.75, 3.05) is 25.1 Å². The minimum absolute atomic E-state index is 0.328. The summed E-state index contributed by atoms with van der Waals surface area (Å²) in [4.78, 5) is 23.6. The standard InChI is InChI=1S/C19H20ClNO5/c1-2-11-24-16-9-5-6-10-17(16)25-13-19(23)26-12-18(22)21-15-8-4-3-7-14(15)20/h3-10H,2,11-13H2,1H3,(H,21,22). The molecule has 1 amide bonds. The third kappa shape index (κ3) is 6.29. The van der Waals surface area contributed by atoms with Crippen molar-refractivity contribution in [1.82, 2.24) is 0 Å². The van der Waals surface area contributed by atoms with Gasteiger partial charge in [-0.2, -0.15) is 0 Å². The van der Waals surface area contributed by atoms with E-state index in [1.807, 2.05) is 13.0 Å². The van der Waals surface area contributed by atoms with Gasteiger partial charge in [-0.1, -0.05) is 42.8 Å². The van der Waals surface area contributed by atoms with Crippen LogP contribution in [-0.2, 0) is 14.3 Å². The van der Waals surface area contributed by atoms with E-state index in [4.69, 9.17) is 25.8 Å². The van der Waals surface area contributed by atoms with E-state index in [2.05, 4.69) is 5.32 Å². The van der Waals surface area contributed by atoms with Crippen LogP contribution in [0.15, 0.2) is 48.5 Å². The Kier molecular flexibility index (Phi) is 7.76. The lowest BCUT2D eigenvalue weighted by Crippen LogP contribution is -2.23. The monoisotopic (exact) mass is 377 g/mol. The van der Waals surface area contributed by atoms with Crippen LogP contribution in [0.3, 0.4) is 0 Å². The van der Waals surface area contributed by atoms with Crippen molar-refractivity contribution in [3.05, 3.63) is 53.6 Å². The molecule has 2 aromatic carbocycles. The maximum atomic E-state index is 11.8. The maximum Gasteiger partial charge on any atom is 0.344 e. The summed E-state index contributed by atoms with van der Waals surface area (Å²) in [6.07, 6.45) is 0.858. The smallest absolute Gasteiger partial charge is 0.344 e. The van der Waals surface area contributed by atoms with Crippen LogP contribution in [0.4, 0.5) is 5.69 Å². The van der Waals surface area contributed by atoms with Crippen molar-refractivity contribution in [1.29, 1.82) is 0 Å². The molecule has 0 aliphatic rings. The lowest BCUT2D eigenvalue weighted by atomic mass is 10.3. The van der Waals surface area contributed by atoms with E-state index in [1.165, 1.54) is 0 Å². The van der Waals surface area contributed by atoms with Gasteiger partial charge in [0.25, 0.3) is 5.91 Å². The van der Waals surface area contributed by atoms with E-state index in [9.17, 15) is 9.59 Å². The van der Waals surface area contributed by atoms with E-state index in [0.29, 0.717) is 28.8 Å². The maximum absolute atomic E-state index is 11.8. The molecule has 0 fully saturated rings. The highest BCUT2D eigenvalue weighted by Gasteiger charge is 2.11. The number of amides is 1. The minimum Gasteiger partial charge on any atom is -0.490 e. The number of nitrogens with one attached hydrogen (secondary N) is 1. The minimum atomic E-state index is -0.662. The summed E-state index contributed by atoms with van der Waals surface area (Å²) >= 11 is 5.95. The van der Waals surface area contributed by atoms with Gasteiger partial charge in [0.15, 0.2) is 24.7 Å². The molecule has 6 nitrogen and oxygen atoms in total. The quantitative estimate of drug-likeness (QED) is 0.674. The Morgan fingerprint density at radius 2 is 1.62 bits per heavy atom. The second kappa shape index (κ2) is 10.3. The lowest BCUT2D eigenvalue weighted by molar-refractivity contribution is -0.149. The number of esters is 1. The molecule has 1 N–H and O–H groups in total. The van der Waals surface area contributed by atoms with Gasteiger partial charge in [0, 0.05) is 0 Å². The van der Waals surface area contributed by atoms with Crippen molar-refractivity contribution in [2.45, 2.75) is 13.3 Å². The van der Waals surface area contributed by atoms with Crippen LogP contribution in [0.5, 0.6) is 11.5 Å². The Labute approximate surface area is 157 Å². The second-order valence-electron chi connectivity index (χ2n) is 5.27. The first-order chi connectivity index (χ1) is 12.6. The summed E-state index contributed by atoms with van der Waals surface area (Å²) in [6, 6.07) is 13.8. The van der Waals surface area contributed by atoms with Crippen molar-refractivity contribution in [2.24, 2.45) is 0 Å². The molecule has 0 radical (unpaired) electrons. The fourth-order valence-electron chi connectivity index (χ4n) is 1.97. The van der Waals surface area contributed by atoms with Crippen molar-refractivity contribution in [3.63, 3.8) is 0 Å². The summed E-state index contributed by atoms with van der Waals surface area (Å²) in [5, 5.41) is 2.96. The number of anilines is 1. The molecule has 0 spiro atoms. The Morgan fingerprint density at radius 3 is 2.31 bits per heavy atom. The first-order valence-electron chi connectivity index (χ1n) is 8.14. The number of carbonyl (C=O) groups excluding carboxylic acids is 2. The molecule has 0 heterocycles. The van der Waals surface area contributed by atoms with E-state index >= 15 is 0 Å². The van der Waals surface area contributed by atoms with Crippen LogP contribution in [0.25, 0.3) is 0 Å². The van der Waals surface area contributed by atoms with Gasteiger partial charge >= 0.3 is 5.97 Å². The van der Waals surface area contributed by atoms with Crippen LogP contribution in [-0.4, -0.2) is 31.7 Å². The number of hydrogen-bond acceptors (Lipinski definition) is 5. The Hall–Kier alpha value is -2.73. The Bertz CT molecular complexity index is 750. The number of hydrogen-bond donors (Lipinski definition) is 1. The highest BCUT2D eigenvalue weighted by molar-refractivity contribution is 6.33. The molecular weight excluding hydrogens is 358 g/mol. The third-order valence-electron chi connectivity index (χ3n) is 3.17. The molecule has 0 aliphatic heterocycles. The van der Waals surface area contributed by atoms with Crippen LogP contribution in [0, 0.1) is 0 Å². The van der Waals surface area contributed by atoms with Crippen molar-refractivity contribution >= 4 is 29.2 Å². The molecule has 2 aromatic rings. The molecule has 26 heavy (non-hydrogen) atoms. The average molecular weight is 378 g/mol. The topological polar surface area (TPSA) is 73.9 Å². The van der Waals surface area contributed by atoms with Gasteiger partial charge < -0.3 is 19.5 Å². The molecule has 7 heteroatoms. The van der Waals surface area contributed by atoms with E-state index in [0.717, 1.165) is 6.42 Å². The predicted octanol–water partition coefficient (Wildman–Crippen LogP) is 3.69. The first kappa shape index (κ1) is 19.6. The number of para-hydroxylation sites is 3. The first-order valence-corrected chi connectivity index (χ1v) is 8.52. The zero-order valence-electron chi connectivity index (χ0n) is 14.4. The van der Waals surface area contributed by atoms with Gasteiger partial charge in [0.05, 0.1) is 17.3 Å². The van der Waals surface area contributed by atoms with Crippen molar-refractivity contribution < 1.29 is 23.8 Å².